The summed E-state index contributed by atoms with van der Waals surface area (Å²) in [4.78, 5) is 24.3. The second-order valence-corrected chi connectivity index (χ2v) is 9.48. The van der Waals surface area contributed by atoms with Crippen LogP contribution in [0.5, 0.6) is 0 Å². The average molecular weight is 492 g/mol. The highest BCUT2D eigenvalue weighted by molar-refractivity contribution is 7.92. The number of hydrogen-bond donors (Lipinski definition) is 2. The molecule has 0 spiro atoms. The van der Waals surface area contributed by atoms with Crippen LogP contribution >= 0.6 is 0 Å². The van der Waals surface area contributed by atoms with Gasteiger partial charge in [-0.2, -0.15) is 23.0 Å². The Morgan fingerprint density at radius 1 is 1.06 bits per heavy atom. The number of hydrogen-bond acceptors (Lipinski definition) is 5. The summed E-state index contributed by atoms with van der Waals surface area (Å²) in [6.07, 6.45) is -4.65. The van der Waals surface area contributed by atoms with Gasteiger partial charge in [0.15, 0.2) is 0 Å². The van der Waals surface area contributed by atoms with Crippen LogP contribution in [0, 0.1) is 13.8 Å². The van der Waals surface area contributed by atoms with Crippen LogP contribution in [0.25, 0.3) is 11.1 Å². The Labute approximate surface area is 192 Å². The van der Waals surface area contributed by atoms with Gasteiger partial charge in [0.1, 0.15) is 5.82 Å². The lowest BCUT2D eigenvalue weighted by atomic mass is 10.0. The van der Waals surface area contributed by atoms with Crippen molar-refractivity contribution >= 4 is 33.3 Å². The van der Waals surface area contributed by atoms with Crippen LogP contribution in [0.15, 0.2) is 47.4 Å². The maximum Gasteiger partial charge on any atom is 0.416 e. The summed E-state index contributed by atoms with van der Waals surface area (Å²) in [6, 6.07) is 8.35. The minimum atomic E-state index is -4.63. The van der Waals surface area contributed by atoms with Crippen LogP contribution in [0.2, 0.25) is 0 Å². The summed E-state index contributed by atoms with van der Waals surface area (Å²) in [5, 5.41) is 6.84. The van der Waals surface area contributed by atoms with Crippen molar-refractivity contribution < 1.29 is 31.2 Å². The number of halogens is 3. The lowest BCUT2D eigenvalue weighted by Crippen LogP contribution is -2.15. The number of nitrogens with one attached hydrogen (secondary N) is 2. The Morgan fingerprint density at radius 3 is 2.50 bits per heavy atom. The van der Waals surface area contributed by atoms with E-state index in [0.29, 0.717) is 28.5 Å². The molecule has 1 amide bonds. The number of aromatic nitrogens is 2. The van der Waals surface area contributed by atoms with Crippen LogP contribution in [-0.2, 0) is 21.0 Å². The smallest absolute Gasteiger partial charge is 0.310 e. The minimum Gasteiger partial charge on any atom is -0.310 e. The van der Waals surface area contributed by atoms with Crippen molar-refractivity contribution in [1.82, 2.24) is 9.78 Å². The number of alkyl halides is 3. The summed E-state index contributed by atoms with van der Waals surface area (Å²) in [6.45, 7) is 3.16. The van der Waals surface area contributed by atoms with Crippen molar-refractivity contribution in [2.45, 2.75) is 37.8 Å². The number of nitrogens with zero attached hydrogens (tertiary/aromatic N) is 2. The number of carbonyl (C=O) groups excluding carboxylic acids is 2. The first kappa shape index (κ1) is 23.5. The number of amides is 1. The van der Waals surface area contributed by atoms with E-state index in [-0.39, 0.29) is 41.1 Å². The average Bonchev–Trinajstić information content (AvgIpc) is 3.00. The molecule has 0 unspecified atom stereocenters. The molecule has 0 aliphatic carbocycles. The third kappa shape index (κ3) is 4.40. The molecule has 2 heterocycles. The van der Waals surface area contributed by atoms with Crippen molar-refractivity contribution in [2.24, 2.45) is 0 Å². The molecule has 4 rings (SSSR count). The molecule has 2 aromatic carbocycles. The van der Waals surface area contributed by atoms with Crippen molar-refractivity contribution in [3.63, 3.8) is 0 Å². The van der Waals surface area contributed by atoms with E-state index in [0.717, 1.165) is 16.8 Å². The number of sulfonamides is 1. The maximum atomic E-state index is 13.1. The number of aryl methyl sites for hydroxylation is 2. The fourth-order valence-electron chi connectivity index (χ4n) is 3.70. The van der Waals surface area contributed by atoms with E-state index in [9.17, 15) is 31.2 Å². The predicted molar refractivity (Wildman–Crippen MR) is 118 cm³/mol. The van der Waals surface area contributed by atoms with Gasteiger partial charge in [0, 0.05) is 24.1 Å². The fourth-order valence-corrected chi connectivity index (χ4v) is 5.03. The molecule has 0 radical (unpaired) electrons. The molecule has 0 atom stereocenters. The van der Waals surface area contributed by atoms with Crippen molar-refractivity contribution in [3.05, 3.63) is 59.3 Å². The highest BCUT2D eigenvalue weighted by atomic mass is 32.2. The summed E-state index contributed by atoms with van der Waals surface area (Å²) < 4.78 is 68.5. The first-order valence-corrected chi connectivity index (χ1v) is 11.6. The Hall–Kier alpha value is -3.67. The molecule has 0 saturated carbocycles. The normalized spacial score (nSPS) is 14.4. The van der Waals surface area contributed by atoms with Crippen molar-refractivity contribution in [2.75, 3.05) is 10.0 Å². The van der Waals surface area contributed by atoms with Gasteiger partial charge < -0.3 is 5.32 Å². The Kier molecular flexibility index (Phi) is 5.72. The van der Waals surface area contributed by atoms with Crippen molar-refractivity contribution in [1.29, 1.82) is 0 Å². The standard InChI is InChI=1S/C22H19F3N4O4S/c1-12-6-7-14(20-13(2)27-29-19(31)9-8-18(30)26-21(20)29)10-17(12)34(32,33)28-16-5-3-4-15(11-16)22(23,24)25/h3-7,10-11,28H,8-9H2,1-2H3,(H,26,30). The number of carbonyl (C=O) groups is 2. The van der Waals surface area contributed by atoms with E-state index in [4.69, 9.17) is 0 Å². The molecule has 0 fully saturated rings. The molecule has 1 aliphatic rings. The molecule has 8 nitrogen and oxygen atoms in total. The molecular formula is C22H19F3N4O4S. The highest BCUT2D eigenvalue weighted by Gasteiger charge is 2.31. The van der Waals surface area contributed by atoms with Gasteiger partial charge in [-0.05, 0) is 49.2 Å². The monoisotopic (exact) mass is 492 g/mol. The Morgan fingerprint density at radius 2 is 1.79 bits per heavy atom. The minimum absolute atomic E-state index is 0.00484. The van der Waals surface area contributed by atoms with E-state index in [1.165, 1.54) is 18.2 Å². The van der Waals surface area contributed by atoms with Gasteiger partial charge in [0.05, 0.1) is 16.2 Å². The van der Waals surface area contributed by atoms with Gasteiger partial charge in [-0.1, -0.05) is 18.2 Å². The molecular weight excluding hydrogens is 473 g/mol. The fraction of sp³-hybridized carbons (Fsp3) is 0.227. The first-order valence-electron chi connectivity index (χ1n) is 10.1. The maximum absolute atomic E-state index is 13.1. The van der Waals surface area contributed by atoms with Gasteiger partial charge in [0.2, 0.25) is 11.8 Å². The molecule has 3 aromatic rings. The zero-order valence-corrected chi connectivity index (χ0v) is 18.8. The number of fused-ring (bicyclic) bond motifs is 1. The van der Waals surface area contributed by atoms with Crippen LogP contribution in [0.1, 0.15) is 34.5 Å². The zero-order valence-electron chi connectivity index (χ0n) is 18.0. The van der Waals surface area contributed by atoms with Gasteiger partial charge in [-0.3, -0.25) is 14.3 Å². The predicted octanol–water partition coefficient (Wildman–Crippen LogP) is 4.36. The second-order valence-electron chi connectivity index (χ2n) is 7.83. The largest absolute Gasteiger partial charge is 0.416 e. The van der Waals surface area contributed by atoms with Crippen LogP contribution in [0.4, 0.5) is 24.7 Å². The highest BCUT2D eigenvalue weighted by Crippen LogP contribution is 2.36. The van der Waals surface area contributed by atoms with Crippen LogP contribution < -0.4 is 10.0 Å². The molecule has 0 saturated heterocycles. The van der Waals surface area contributed by atoms with E-state index in [2.05, 4.69) is 15.1 Å². The Balaban J connectivity index is 1.77. The third-order valence-electron chi connectivity index (χ3n) is 5.33. The zero-order chi connectivity index (χ0) is 24.8. The molecule has 12 heteroatoms. The molecule has 34 heavy (non-hydrogen) atoms. The molecule has 2 N–H and O–H groups in total. The number of rotatable bonds is 4. The van der Waals surface area contributed by atoms with E-state index >= 15 is 0 Å². The molecule has 0 bridgehead atoms. The molecule has 1 aliphatic heterocycles. The van der Waals surface area contributed by atoms with Gasteiger partial charge >= 0.3 is 6.18 Å². The van der Waals surface area contributed by atoms with Gasteiger partial charge in [-0.15, -0.1) is 0 Å². The summed E-state index contributed by atoms with van der Waals surface area (Å²) >= 11 is 0. The SMILES string of the molecule is Cc1ccc(-c2c(C)nn3c2NC(=O)CCC3=O)cc1S(=O)(=O)Nc1cccc(C(F)(F)F)c1. The quantitative estimate of drug-likeness (QED) is 0.562. The van der Waals surface area contributed by atoms with E-state index in [1.807, 2.05) is 0 Å². The third-order valence-corrected chi connectivity index (χ3v) is 6.85. The van der Waals surface area contributed by atoms with E-state index < -0.39 is 21.8 Å². The Bertz CT molecular complexity index is 1430. The topological polar surface area (TPSA) is 110 Å². The van der Waals surface area contributed by atoms with Crippen LogP contribution in [-0.4, -0.2) is 30.0 Å². The molecule has 1 aromatic heterocycles. The van der Waals surface area contributed by atoms with Gasteiger partial charge in [0.25, 0.3) is 10.0 Å². The van der Waals surface area contributed by atoms with Gasteiger partial charge in [-0.25, -0.2) is 8.42 Å². The summed E-state index contributed by atoms with van der Waals surface area (Å²) in [5.74, 6) is -0.615. The second kappa shape index (κ2) is 8.28. The number of benzene rings is 2. The first-order chi connectivity index (χ1) is 15.9. The van der Waals surface area contributed by atoms with Crippen molar-refractivity contribution in [3.8, 4) is 11.1 Å². The summed E-state index contributed by atoms with van der Waals surface area (Å²) in [7, 11) is -4.28. The molecule has 178 valence electrons. The summed E-state index contributed by atoms with van der Waals surface area (Å²) in [5.41, 5.74) is 0.246. The number of anilines is 2. The van der Waals surface area contributed by atoms with Crippen LogP contribution in [0.3, 0.4) is 0 Å². The van der Waals surface area contributed by atoms with E-state index in [1.54, 1.807) is 19.9 Å². The lowest BCUT2D eigenvalue weighted by Gasteiger charge is -2.14. The lowest BCUT2D eigenvalue weighted by molar-refractivity contribution is -0.137.